The van der Waals surface area contributed by atoms with Crippen molar-refractivity contribution < 1.29 is 18.3 Å². The molecule has 0 atom stereocenters. The number of halogens is 2. The van der Waals surface area contributed by atoms with E-state index in [1.165, 1.54) is 29.8 Å². The second-order valence-electron chi connectivity index (χ2n) is 11.1. The van der Waals surface area contributed by atoms with Crippen molar-refractivity contribution in [2.45, 2.75) is 38.0 Å². The van der Waals surface area contributed by atoms with Crippen LogP contribution in [-0.4, -0.2) is 55.2 Å². The maximum absolute atomic E-state index is 13.6. The molecule has 0 saturated carbocycles. The molecule has 3 aromatic carbocycles. The number of esters is 1. The van der Waals surface area contributed by atoms with Gasteiger partial charge in [0.1, 0.15) is 23.0 Å². The first-order chi connectivity index (χ1) is 21.1. The Bertz CT molecular complexity index is 1380. The van der Waals surface area contributed by atoms with Crippen molar-refractivity contribution in [1.29, 1.82) is 0 Å². The Morgan fingerprint density at radius 1 is 0.767 bits per heavy atom. The van der Waals surface area contributed by atoms with Crippen LogP contribution in [0.1, 0.15) is 58.6 Å². The second-order valence-corrected chi connectivity index (χ2v) is 11.1. The third kappa shape index (κ3) is 8.71. The molecule has 4 aromatic rings. The molecule has 1 fully saturated rings. The van der Waals surface area contributed by atoms with Crippen molar-refractivity contribution in [1.82, 2.24) is 9.88 Å². The van der Waals surface area contributed by atoms with Crippen molar-refractivity contribution in [3.63, 3.8) is 0 Å². The summed E-state index contributed by atoms with van der Waals surface area (Å²) in [5.74, 6) is -0.0878. The topological polar surface area (TPSA) is 45.7 Å². The summed E-state index contributed by atoms with van der Waals surface area (Å²) in [6.07, 6.45) is 6.30. The van der Waals surface area contributed by atoms with Gasteiger partial charge < -0.3 is 9.64 Å². The fraction of sp³-hybridized carbons (Fsp3) is 0.333. The lowest BCUT2D eigenvalue weighted by Gasteiger charge is -2.36. The molecule has 5 rings (SSSR count). The molecule has 0 amide bonds. The molecular weight excluding hydrogens is 544 g/mol. The summed E-state index contributed by atoms with van der Waals surface area (Å²) in [7, 11) is 0. The molecule has 1 aliphatic rings. The minimum absolute atomic E-state index is 0.0721. The molecule has 43 heavy (non-hydrogen) atoms. The minimum atomic E-state index is -0.321. The Morgan fingerprint density at radius 3 is 2.07 bits per heavy atom. The van der Waals surface area contributed by atoms with Gasteiger partial charge in [0.25, 0.3) is 0 Å². The highest BCUT2D eigenvalue weighted by Crippen LogP contribution is 2.30. The van der Waals surface area contributed by atoms with Crippen molar-refractivity contribution in [3.8, 4) is 0 Å². The van der Waals surface area contributed by atoms with Crippen LogP contribution in [-0.2, 0) is 11.2 Å². The van der Waals surface area contributed by atoms with E-state index in [-0.39, 0.29) is 23.5 Å². The Kier molecular flexibility index (Phi) is 10.9. The highest BCUT2D eigenvalue weighted by molar-refractivity contribution is 5.94. The molecule has 0 unspecified atom stereocenters. The number of anilines is 1. The summed E-state index contributed by atoms with van der Waals surface area (Å²) in [6, 6.07) is 27.1. The highest BCUT2D eigenvalue weighted by Gasteiger charge is 2.24. The minimum Gasteiger partial charge on any atom is -0.462 e. The van der Waals surface area contributed by atoms with E-state index in [0.29, 0.717) is 18.0 Å². The first-order valence-electron chi connectivity index (χ1n) is 15.2. The zero-order chi connectivity index (χ0) is 29.9. The predicted molar refractivity (Wildman–Crippen MR) is 166 cm³/mol. The number of benzene rings is 3. The van der Waals surface area contributed by atoms with Crippen LogP contribution in [0.3, 0.4) is 0 Å². The van der Waals surface area contributed by atoms with Gasteiger partial charge in [-0.25, -0.2) is 18.6 Å². The molecule has 7 heteroatoms. The number of ether oxygens (including phenoxy) is 1. The number of unbranched alkanes of at least 4 members (excludes halogenated alkanes) is 1. The average molecular weight is 584 g/mol. The van der Waals surface area contributed by atoms with Gasteiger partial charge in [0.15, 0.2) is 0 Å². The zero-order valence-electron chi connectivity index (χ0n) is 24.5. The van der Waals surface area contributed by atoms with E-state index in [4.69, 9.17) is 4.74 Å². The first-order valence-corrected chi connectivity index (χ1v) is 15.2. The quantitative estimate of drug-likeness (QED) is 0.122. The second kappa shape index (κ2) is 15.4. The summed E-state index contributed by atoms with van der Waals surface area (Å²) < 4.78 is 32.8. The van der Waals surface area contributed by atoms with Gasteiger partial charge in [-0.15, -0.1) is 0 Å². The van der Waals surface area contributed by atoms with E-state index in [1.807, 2.05) is 42.5 Å². The fourth-order valence-electron chi connectivity index (χ4n) is 5.75. The average Bonchev–Trinajstić information content (AvgIpc) is 3.05. The van der Waals surface area contributed by atoms with Gasteiger partial charge in [-0.1, -0.05) is 54.6 Å². The predicted octanol–water partition coefficient (Wildman–Crippen LogP) is 7.27. The Balaban J connectivity index is 1.09. The molecule has 0 spiro atoms. The lowest BCUT2D eigenvalue weighted by Crippen LogP contribution is -2.47. The standard InChI is InChI=1S/C36H39F2N3O2/c37-31-17-13-29(14-18-31)33(30-15-19-32(38)20-16-30)12-7-22-40-23-25-41(26-24-40)35-34(11-6-21-39-35)36(42)43-27-5-4-10-28-8-2-1-3-9-28/h1-3,6,8-9,11,13-21,33H,4-5,7,10,12,22-27H2. The molecule has 0 aliphatic carbocycles. The van der Waals surface area contributed by atoms with Gasteiger partial charge in [-0.05, 0) is 91.7 Å². The van der Waals surface area contributed by atoms with Crippen LogP contribution in [0.5, 0.6) is 0 Å². The van der Waals surface area contributed by atoms with E-state index in [2.05, 4.69) is 26.9 Å². The molecule has 0 radical (unpaired) electrons. The van der Waals surface area contributed by atoms with Crippen molar-refractivity contribution >= 4 is 11.8 Å². The molecule has 1 saturated heterocycles. The molecule has 224 valence electrons. The van der Waals surface area contributed by atoms with Crippen molar-refractivity contribution in [2.75, 3.05) is 44.2 Å². The van der Waals surface area contributed by atoms with Crippen LogP contribution in [0.25, 0.3) is 0 Å². The third-order valence-electron chi connectivity index (χ3n) is 8.13. The van der Waals surface area contributed by atoms with Gasteiger partial charge in [0.05, 0.1) is 6.61 Å². The number of pyridine rings is 1. The van der Waals surface area contributed by atoms with E-state index in [0.717, 1.165) is 76.0 Å². The van der Waals surface area contributed by atoms with Gasteiger partial charge >= 0.3 is 5.97 Å². The first kappa shape index (κ1) is 30.4. The maximum atomic E-state index is 13.6. The lowest BCUT2D eigenvalue weighted by molar-refractivity contribution is 0.0498. The number of carbonyl (C=O) groups excluding carboxylic acids is 1. The summed E-state index contributed by atoms with van der Waals surface area (Å²) in [5.41, 5.74) is 3.87. The molecule has 1 aliphatic heterocycles. The maximum Gasteiger partial charge on any atom is 0.341 e. The van der Waals surface area contributed by atoms with Crippen LogP contribution >= 0.6 is 0 Å². The number of hydrogen-bond donors (Lipinski definition) is 0. The molecule has 0 N–H and O–H groups in total. The summed E-state index contributed by atoms with van der Waals surface area (Å²) in [5, 5.41) is 0. The molecule has 1 aromatic heterocycles. The largest absolute Gasteiger partial charge is 0.462 e. The van der Waals surface area contributed by atoms with E-state index in [1.54, 1.807) is 18.3 Å². The third-order valence-corrected chi connectivity index (χ3v) is 8.13. The van der Waals surface area contributed by atoms with Crippen LogP contribution in [0.2, 0.25) is 0 Å². The van der Waals surface area contributed by atoms with Gasteiger partial charge in [0, 0.05) is 38.3 Å². The SMILES string of the molecule is O=C(OCCCCc1ccccc1)c1cccnc1N1CCN(CCCC(c2ccc(F)cc2)c2ccc(F)cc2)CC1. The zero-order valence-corrected chi connectivity index (χ0v) is 24.5. The number of aryl methyl sites for hydroxylation is 1. The number of aromatic nitrogens is 1. The van der Waals surface area contributed by atoms with Crippen LogP contribution in [0, 0.1) is 11.6 Å². The molecule has 5 nitrogen and oxygen atoms in total. The Hall–Kier alpha value is -4.10. The molecule has 2 heterocycles. The van der Waals surface area contributed by atoms with E-state index < -0.39 is 0 Å². The van der Waals surface area contributed by atoms with Gasteiger partial charge in [-0.2, -0.15) is 0 Å². The number of piperazine rings is 1. The van der Waals surface area contributed by atoms with Gasteiger partial charge in [0.2, 0.25) is 0 Å². The molecular formula is C36H39F2N3O2. The van der Waals surface area contributed by atoms with E-state index >= 15 is 0 Å². The summed E-state index contributed by atoms with van der Waals surface area (Å²) >= 11 is 0. The Morgan fingerprint density at radius 2 is 1.42 bits per heavy atom. The lowest BCUT2D eigenvalue weighted by atomic mass is 9.87. The normalized spacial score (nSPS) is 13.8. The number of carbonyl (C=O) groups is 1. The number of hydrogen-bond acceptors (Lipinski definition) is 5. The van der Waals surface area contributed by atoms with Gasteiger partial charge in [-0.3, -0.25) is 4.90 Å². The highest BCUT2D eigenvalue weighted by atomic mass is 19.1. The summed E-state index contributed by atoms with van der Waals surface area (Å²) in [6.45, 7) is 4.59. The summed E-state index contributed by atoms with van der Waals surface area (Å²) in [4.78, 5) is 22.1. The Labute approximate surface area is 253 Å². The fourth-order valence-corrected chi connectivity index (χ4v) is 5.75. The smallest absolute Gasteiger partial charge is 0.341 e. The van der Waals surface area contributed by atoms with Crippen molar-refractivity contribution in [3.05, 3.63) is 131 Å². The number of rotatable bonds is 13. The van der Waals surface area contributed by atoms with Crippen molar-refractivity contribution in [2.24, 2.45) is 0 Å². The van der Waals surface area contributed by atoms with Crippen LogP contribution < -0.4 is 4.90 Å². The van der Waals surface area contributed by atoms with Crippen LogP contribution in [0.4, 0.5) is 14.6 Å². The van der Waals surface area contributed by atoms with Crippen LogP contribution in [0.15, 0.2) is 97.2 Å². The number of nitrogens with zero attached hydrogens (tertiary/aromatic N) is 3. The molecule has 0 bridgehead atoms. The monoisotopic (exact) mass is 583 g/mol. The van der Waals surface area contributed by atoms with E-state index in [9.17, 15) is 13.6 Å².